The Morgan fingerprint density at radius 1 is 1.03 bits per heavy atom. The van der Waals surface area contributed by atoms with E-state index in [1.54, 1.807) is 30.5 Å². The van der Waals surface area contributed by atoms with Crippen LogP contribution in [0.25, 0.3) is 0 Å². The number of nitrogens with zero attached hydrogens (tertiary/aromatic N) is 5. The first-order chi connectivity index (χ1) is 15.1. The fourth-order valence-electron chi connectivity index (χ4n) is 3.51. The molecular formula is C21H26N6O3S. The number of nitrogens with one attached hydrogen (secondary N) is 1. The molecule has 1 N–H and O–H groups in total. The molecule has 0 aliphatic carbocycles. The number of carbonyl (C=O) groups is 1. The minimum Gasteiger partial charge on any atom is -0.378 e. The predicted octanol–water partition coefficient (Wildman–Crippen LogP) is 1.28. The maximum absolute atomic E-state index is 13.0. The van der Waals surface area contributed by atoms with Gasteiger partial charge in [-0.25, -0.2) is 13.5 Å². The number of benzene rings is 1. The van der Waals surface area contributed by atoms with Gasteiger partial charge < -0.3 is 19.9 Å². The van der Waals surface area contributed by atoms with E-state index >= 15 is 0 Å². The van der Waals surface area contributed by atoms with Gasteiger partial charge in [-0.2, -0.15) is 4.98 Å². The molecule has 9 nitrogen and oxygen atoms in total. The number of carbonyl (C=O) groups excluding carboxylic acids is 1. The number of aromatic nitrogens is 2. The molecule has 164 valence electrons. The molecule has 1 unspecified atom stereocenters. The van der Waals surface area contributed by atoms with Crippen molar-refractivity contribution in [1.29, 1.82) is 0 Å². The van der Waals surface area contributed by atoms with Crippen LogP contribution in [0, 0.1) is 0 Å². The Morgan fingerprint density at radius 3 is 2.42 bits per heavy atom. The van der Waals surface area contributed by atoms with Crippen molar-refractivity contribution in [3.63, 3.8) is 0 Å². The van der Waals surface area contributed by atoms with Crippen molar-refractivity contribution in [2.24, 2.45) is 0 Å². The van der Waals surface area contributed by atoms with Gasteiger partial charge in [0, 0.05) is 51.2 Å². The number of hydrogen-bond acceptors (Lipinski definition) is 7. The molecular weight excluding hydrogens is 416 g/mol. The number of hydrogen-bond donors (Lipinski definition) is 1. The second-order valence-electron chi connectivity index (χ2n) is 7.20. The summed E-state index contributed by atoms with van der Waals surface area (Å²) in [6, 6.07) is 8.98. The lowest BCUT2D eigenvalue weighted by molar-refractivity contribution is -0.111. The maximum atomic E-state index is 13.0. The lowest BCUT2D eigenvalue weighted by atomic mass is 10.3. The van der Waals surface area contributed by atoms with Gasteiger partial charge in [0.25, 0.3) is 0 Å². The standard InChI is InChI=1S/C21H26N6O3S/c1-2-20(28)23-17-3-5-18(6-4-17)31(29)27-11-9-25(10-12-27)19-7-8-22-21(24-19)26-13-15-30-16-14-26/h2-8H,1,9-16H2,(H,23,28). The summed E-state index contributed by atoms with van der Waals surface area (Å²) in [6.07, 6.45) is 3.01. The van der Waals surface area contributed by atoms with Crippen LogP contribution in [0.3, 0.4) is 0 Å². The first-order valence-corrected chi connectivity index (χ1v) is 11.4. The van der Waals surface area contributed by atoms with Crippen LogP contribution >= 0.6 is 0 Å². The summed E-state index contributed by atoms with van der Waals surface area (Å²) in [6.45, 7) is 9.22. The number of ether oxygens (including phenoxy) is 1. The van der Waals surface area contributed by atoms with E-state index in [4.69, 9.17) is 9.72 Å². The fourth-order valence-corrected chi connectivity index (χ4v) is 4.67. The second kappa shape index (κ2) is 9.99. The van der Waals surface area contributed by atoms with E-state index in [1.165, 1.54) is 6.08 Å². The molecule has 4 rings (SSSR count). The van der Waals surface area contributed by atoms with E-state index in [2.05, 4.69) is 26.7 Å². The van der Waals surface area contributed by atoms with Gasteiger partial charge in [-0.3, -0.25) is 4.79 Å². The van der Waals surface area contributed by atoms with E-state index in [1.807, 2.05) is 10.4 Å². The zero-order valence-electron chi connectivity index (χ0n) is 17.3. The molecule has 1 atom stereocenters. The monoisotopic (exact) mass is 442 g/mol. The first kappa shape index (κ1) is 21.4. The summed E-state index contributed by atoms with van der Waals surface area (Å²) in [5.41, 5.74) is 0.648. The number of anilines is 3. The number of amides is 1. The molecule has 3 heterocycles. The highest BCUT2D eigenvalue weighted by atomic mass is 32.2. The van der Waals surface area contributed by atoms with Crippen molar-refractivity contribution < 1.29 is 13.7 Å². The van der Waals surface area contributed by atoms with E-state index in [0.29, 0.717) is 36.9 Å². The van der Waals surface area contributed by atoms with Crippen molar-refractivity contribution in [3.8, 4) is 0 Å². The molecule has 31 heavy (non-hydrogen) atoms. The van der Waals surface area contributed by atoms with Gasteiger partial charge in [-0.15, -0.1) is 0 Å². The van der Waals surface area contributed by atoms with Crippen molar-refractivity contribution in [1.82, 2.24) is 14.3 Å². The SMILES string of the molecule is C=CC(=O)Nc1ccc(S(=O)N2CCN(c3ccnc(N4CCOCC4)n3)CC2)cc1. The number of piperazine rings is 1. The van der Waals surface area contributed by atoms with E-state index in [-0.39, 0.29) is 5.91 Å². The predicted molar refractivity (Wildman–Crippen MR) is 121 cm³/mol. The van der Waals surface area contributed by atoms with Gasteiger partial charge in [-0.1, -0.05) is 6.58 Å². The van der Waals surface area contributed by atoms with E-state index in [9.17, 15) is 9.00 Å². The van der Waals surface area contributed by atoms with Crippen molar-refractivity contribution in [3.05, 3.63) is 49.2 Å². The third kappa shape index (κ3) is 5.27. The largest absolute Gasteiger partial charge is 0.378 e. The molecule has 2 aromatic rings. The maximum Gasteiger partial charge on any atom is 0.247 e. The Hall–Kier alpha value is -2.82. The average Bonchev–Trinajstić information content (AvgIpc) is 2.85. The zero-order chi connectivity index (χ0) is 21.6. The lowest BCUT2D eigenvalue weighted by Gasteiger charge is -2.35. The number of rotatable bonds is 6. The van der Waals surface area contributed by atoms with E-state index in [0.717, 1.165) is 37.9 Å². The average molecular weight is 443 g/mol. The minimum atomic E-state index is -1.25. The van der Waals surface area contributed by atoms with Gasteiger partial charge in [0.15, 0.2) is 0 Å². The molecule has 10 heteroatoms. The highest BCUT2D eigenvalue weighted by Crippen LogP contribution is 2.20. The Morgan fingerprint density at radius 2 is 1.74 bits per heavy atom. The Bertz CT molecular complexity index is 940. The molecule has 1 amide bonds. The second-order valence-corrected chi connectivity index (χ2v) is 8.68. The Labute approximate surface area is 184 Å². The minimum absolute atomic E-state index is 0.272. The Balaban J connectivity index is 1.34. The highest BCUT2D eigenvalue weighted by molar-refractivity contribution is 7.82. The van der Waals surface area contributed by atoms with E-state index < -0.39 is 11.0 Å². The molecule has 1 aromatic heterocycles. The van der Waals surface area contributed by atoms with Gasteiger partial charge in [-0.05, 0) is 36.4 Å². The van der Waals surface area contributed by atoms with Gasteiger partial charge in [0.05, 0.1) is 18.1 Å². The van der Waals surface area contributed by atoms with Crippen LogP contribution in [-0.2, 0) is 20.5 Å². The Kier molecular flexibility index (Phi) is 6.90. The van der Waals surface area contributed by atoms with Gasteiger partial charge in [0.1, 0.15) is 16.8 Å². The molecule has 2 saturated heterocycles. The molecule has 0 radical (unpaired) electrons. The van der Waals surface area contributed by atoms with Crippen molar-refractivity contribution in [2.75, 3.05) is 67.6 Å². The van der Waals surface area contributed by atoms with Crippen molar-refractivity contribution >= 4 is 34.3 Å². The van der Waals surface area contributed by atoms with Gasteiger partial charge >= 0.3 is 0 Å². The lowest BCUT2D eigenvalue weighted by Crippen LogP contribution is -2.47. The van der Waals surface area contributed by atoms with Crippen molar-refractivity contribution in [2.45, 2.75) is 4.90 Å². The molecule has 0 saturated carbocycles. The fraction of sp³-hybridized carbons (Fsp3) is 0.381. The molecule has 2 fully saturated rings. The number of morpholine rings is 1. The van der Waals surface area contributed by atoms with Crippen LogP contribution in [0.2, 0.25) is 0 Å². The van der Waals surface area contributed by atoms with Crippen LogP contribution < -0.4 is 15.1 Å². The molecule has 0 spiro atoms. The molecule has 1 aromatic carbocycles. The topological polar surface area (TPSA) is 90.9 Å². The summed E-state index contributed by atoms with van der Waals surface area (Å²) in [5.74, 6) is 1.35. The zero-order valence-corrected chi connectivity index (χ0v) is 18.1. The summed E-state index contributed by atoms with van der Waals surface area (Å²) in [7, 11) is -1.25. The van der Waals surface area contributed by atoms with Crippen LogP contribution in [-0.4, -0.2) is 76.9 Å². The summed E-state index contributed by atoms with van der Waals surface area (Å²) < 4.78 is 20.3. The smallest absolute Gasteiger partial charge is 0.247 e. The molecule has 0 bridgehead atoms. The highest BCUT2D eigenvalue weighted by Gasteiger charge is 2.24. The quantitative estimate of drug-likeness (QED) is 0.674. The van der Waals surface area contributed by atoms with Crippen LogP contribution in [0.5, 0.6) is 0 Å². The summed E-state index contributed by atoms with van der Waals surface area (Å²) >= 11 is 0. The third-order valence-electron chi connectivity index (χ3n) is 5.23. The summed E-state index contributed by atoms with van der Waals surface area (Å²) in [4.78, 5) is 25.6. The van der Waals surface area contributed by atoms with Crippen LogP contribution in [0.1, 0.15) is 0 Å². The third-order valence-corrected chi connectivity index (χ3v) is 6.74. The molecule has 2 aliphatic heterocycles. The first-order valence-electron chi connectivity index (χ1n) is 10.2. The molecule has 2 aliphatic rings. The summed E-state index contributed by atoms with van der Waals surface area (Å²) in [5, 5.41) is 2.69. The normalized spacial score (nSPS) is 18.5. The van der Waals surface area contributed by atoms with Crippen LogP contribution in [0.4, 0.5) is 17.5 Å². The van der Waals surface area contributed by atoms with Gasteiger partial charge in [0.2, 0.25) is 11.9 Å². The van der Waals surface area contributed by atoms with Crippen LogP contribution in [0.15, 0.2) is 54.1 Å².